The summed E-state index contributed by atoms with van der Waals surface area (Å²) < 4.78 is 25.1. The van der Waals surface area contributed by atoms with E-state index in [0.717, 1.165) is 23.0 Å². The van der Waals surface area contributed by atoms with E-state index in [2.05, 4.69) is 15.0 Å². The second-order valence-electron chi connectivity index (χ2n) is 5.00. The normalized spacial score (nSPS) is 12.0. The summed E-state index contributed by atoms with van der Waals surface area (Å²) in [6, 6.07) is 5.22. The number of pyridine rings is 2. The highest BCUT2D eigenvalue weighted by molar-refractivity contribution is 7.90. The Morgan fingerprint density at radius 1 is 1.19 bits per heavy atom. The second-order valence-corrected chi connectivity index (χ2v) is 6.97. The SMILES string of the molecule is Cc1cnc2c(c1)nc(-c1ccnc(S(C)(=O)=O)c1)n2C. The first-order valence-corrected chi connectivity index (χ1v) is 8.21. The lowest BCUT2D eigenvalue weighted by molar-refractivity contribution is 0.598. The lowest BCUT2D eigenvalue weighted by Crippen LogP contribution is -2.01. The molecule has 0 saturated heterocycles. The highest BCUT2D eigenvalue weighted by Gasteiger charge is 2.14. The van der Waals surface area contributed by atoms with Crippen molar-refractivity contribution in [2.75, 3.05) is 6.26 Å². The van der Waals surface area contributed by atoms with Crippen molar-refractivity contribution in [1.82, 2.24) is 19.5 Å². The summed E-state index contributed by atoms with van der Waals surface area (Å²) in [6.45, 7) is 1.95. The second kappa shape index (κ2) is 4.63. The fourth-order valence-electron chi connectivity index (χ4n) is 2.19. The van der Waals surface area contributed by atoms with Crippen molar-refractivity contribution in [2.45, 2.75) is 11.9 Å². The van der Waals surface area contributed by atoms with Gasteiger partial charge in [-0.15, -0.1) is 0 Å². The number of sulfone groups is 1. The number of hydrogen-bond donors (Lipinski definition) is 0. The van der Waals surface area contributed by atoms with Gasteiger partial charge in [0.15, 0.2) is 20.5 Å². The van der Waals surface area contributed by atoms with Gasteiger partial charge >= 0.3 is 0 Å². The van der Waals surface area contributed by atoms with Gasteiger partial charge in [-0.2, -0.15) is 0 Å². The van der Waals surface area contributed by atoms with Crippen LogP contribution in [0.2, 0.25) is 0 Å². The first-order valence-electron chi connectivity index (χ1n) is 6.32. The number of rotatable bonds is 2. The van der Waals surface area contributed by atoms with Crippen molar-refractivity contribution in [3.63, 3.8) is 0 Å². The molecule has 0 atom stereocenters. The molecule has 7 heteroatoms. The first kappa shape index (κ1) is 13.7. The molecule has 0 aliphatic heterocycles. The molecule has 6 nitrogen and oxygen atoms in total. The third-order valence-electron chi connectivity index (χ3n) is 3.22. The molecule has 0 bridgehead atoms. The van der Waals surface area contributed by atoms with E-state index in [0.29, 0.717) is 11.4 Å². The summed E-state index contributed by atoms with van der Waals surface area (Å²) >= 11 is 0. The number of fused-ring (bicyclic) bond motifs is 1. The standard InChI is InChI=1S/C14H14N4O2S/c1-9-6-11-14(16-8-9)18(2)13(17-11)10-4-5-15-12(7-10)21(3,19)20/h4-8H,1-3H3. The highest BCUT2D eigenvalue weighted by atomic mass is 32.2. The molecule has 0 N–H and O–H groups in total. The van der Waals surface area contributed by atoms with Gasteiger partial charge in [0, 0.05) is 31.3 Å². The molecule has 21 heavy (non-hydrogen) atoms. The van der Waals surface area contributed by atoms with E-state index >= 15 is 0 Å². The molecule has 3 heterocycles. The van der Waals surface area contributed by atoms with Gasteiger partial charge in [0.2, 0.25) is 0 Å². The average Bonchev–Trinajstić information content (AvgIpc) is 2.74. The molecule has 3 aromatic rings. The van der Waals surface area contributed by atoms with E-state index in [4.69, 9.17) is 0 Å². The summed E-state index contributed by atoms with van der Waals surface area (Å²) in [5, 5.41) is 0.0381. The van der Waals surface area contributed by atoms with Gasteiger partial charge in [0.25, 0.3) is 0 Å². The van der Waals surface area contributed by atoms with E-state index in [9.17, 15) is 8.42 Å². The van der Waals surface area contributed by atoms with E-state index < -0.39 is 9.84 Å². The van der Waals surface area contributed by atoms with E-state index in [1.807, 2.05) is 24.6 Å². The largest absolute Gasteiger partial charge is 0.312 e. The maximum atomic E-state index is 11.6. The monoisotopic (exact) mass is 302 g/mol. The van der Waals surface area contributed by atoms with Crippen LogP contribution in [-0.2, 0) is 16.9 Å². The van der Waals surface area contributed by atoms with Gasteiger partial charge in [-0.05, 0) is 30.7 Å². The van der Waals surface area contributed by atoms with Gasteiger partial charge in [0.05, 0.1) is 0 Å². The Morgan fingerprint density at radius 3 is 2.67 bits per heavy atom. The van der Waals surface area contributed by atoms with Crippen LogP contribution in [0, 0.1) is 6.92 Å². The zero-order valence-corrected chi connectivity index (χ0v) is 12.7. The quantitative estimate of drug-likeness (QED) is 0.720. The Kier molecular flexibility index (Phi) is 3.02. The molecule has 0 spiro atoms. The van der Waals surface area contributed by atoms with Gasteiger partial charge in [-0.3, -0.25) is 0 Å². The molecule has 108 valence electrons. The summed E-state index contributed by atoms with van der Waals surface area (Å²) in [5.41, 5.74) is 3.26. The molecule has 0 fully saturated rings. The Bertz CT molecular complexity index is 945. The number of aromatic nitrogens is 4. The van der Waals surface area contributed by atoms with Crippen LogP contribution in [0.25, 0.3) is 22.6 Å². The molecule has 0 unspecified atom stereocenters. The van der Waals surface area contributed by atoms with Gasteiger partial charge in [-0.25, -0.2) is 23.4 Å². The van der Waals surface area contributed by atoms with Gasteiger partial charge < -0.3 is 4.57 Å². The molecule has 0 aliphatic carbocycles. The molecular formula is C14H14N4O2S. The number of hydrogen-bond acceptors (Lipinski definition) is 5. The Hall–Kier alpha value is -2.28. The number of aryl methyl sites for hydroxylation is 2. The van der Waals surface area contributed by atoms with E-state index in [1.165, 1.54) is 12.3 Å². The van der Waals surface area contributed by atoms with Crippen LogP contribution in [0.4, 0.5) is 0 Å². The molecule has 0 radical (unpaired) electrons. The fourth-order valence-corrected chi connectivity index (χ4v) is 2.78. The van der Waals surface area contributed by atoms with Crippen LogP contribution in [0.15, 0.2) is 35.6 Å². The van der Waals surface area contributed by atoms with Gasteiger partial charge in [0.1, 0.15) is 11.3 Å². The maximum Gasteiger partial charge on any atom is 0.192 e. The lowest BCUT2D eigenvalue weighted by Gasteiger charge is -2.03. The van der Waals surface area contributed by atoms with Crippen LogP contribution < -0.4 is 0 Å². The van der Waals surface area contributed by atoms with Crippen molar-refractivity contribution in [1.29, 1.82) is 0 Å². The van der Waals surface area contributed by atoms with Crippen LogP contribution in [0.3, 0.4) is 0 Å². The molecule has 0 aliphatic rings. The van der Waals surface area contributed by atoms with Crippen molar-refractivity contribution < 1.29 is 8.42 Å². The molecule has 0 aromatic carbocycles. The Morgan fingerprint density at radius 2 is 1.95 bits per heavy atom. The van der Waals surface area contributed by atoms with Crippen LogP contribution in [0.5, 0.6) is 0 Å². The van der Waals surface area contributed by atoms with E-state index in [1.54, 1.807) is 12.3 Å². The zero-order valence-electron chi connectivity index (χ0n) is 11.9. The van der Waals surface area contributed by atoms with E-state index in [-0.39, 0.29) is 5.03 Å². The number of nitrogens with zero attached hydrogens (tertiary/aromatic N) is 4. The summed E-state index contributed by atoms with van der Waals surface area (Å²) in [7, 11) is -1.49. The fraction of sp³-hybridized carbons (Fsp3) is 0.214. The zero-order chi connectivity index (χ0) is 15.2. The molecule has 3 aromatic heterocycles. The maximum absolute atomic E-state index is 11.6. The van der Waals surface area contributed by atoms with Crippen LogP contribution in [0.1, 0.15) is 5.56 Å². The Labute approximate surface area is 122 Å². The predicted molar refractivity (Wildman–Crippen MR) is 79.6 cm³/mol. The van der Waals surface area contributed by atoms with Crippen molar-refractivity contribution in [2.24, 2.45) is 7.05 Å². The summed E-state index contributed by atoms with van der Waals surface area (Å²) in [6.07, 6.45) is 4.39. The van der Waals surface area contributed by atoms with Crippen molar-refractivity contribution in [3.8, 4) is 11.4 Å². The van der Waals surface area contributed by atoms with Crippen LogP contribution in [-0.4, -0.2) is 34.2 Å². The van der Waals surface area contributed by atoms with Crippen LogP contribution >= 0.6 is 0 Å². The first-order chi connectivity index (χ1) is 9.86. The molecule has 0 amide bonds. The summed E-state index contributed by atoms with van der Waals surface area (Å²) in [5.74, 6) is 0.662. The average molecular weight is 302 g/mol. The topological polar surface area (TPSA) is 77.7 Å². The smallest absolute Gasteiger partial charge is 0.192 e. The van der Waals surface area contributed by atoms with Gasteiger partial charge in [-0.1, -0.05) is 0 Å². The number of imidazole rings is 1. The summed E-state index contributed by atoms with van der Waals surface area (Å²) in [4.78, 5) is 12.8. The molecule has 3 rings (SSSR count). The third-order valence-corrected chi connectivity index (χ3v) is 4.20. The minimum absolute atomic E-state index is 0.0381. The minimum atomic E-state index is -3.35. The van der Waals surface area contributed by atoms with Crippen molar-refractivity contribution in [3.05, 3.63) is 36.2 Å². The molecule has 0 saturated carbocycles. The van der Waals surface area contributed by atoms with Crippen molar-refractivity contribution >= 4 is 21.0 Å². The Balaban J connectivity index is 2.23. The third kappa shape index (κ3) is 2.40. The molecular weight excluding hydrogens is 288 g/mol. The predicted octanol–water partition coefficient (Wildman–Crippen LogP) is 1.74. The minimum Gasteiger partial charge on any atom is -0.312 e. The highest BCUT2D eigenvalue weighted by Crippen LogP contribution is 2.24. The lowest BCUT2D eigenvalue weighted by atomic mass is 10.2.